The first-order valence-electron chi connectivity index (χ1n) is 10.2. The highest BCUT2D eigenvalue weighted by Crippen LogP contribution is 2.25. The average Bonchev–Trinajstić information content (AvgIpc) is 3.34. The minimum absolute atomic E-state index is 0.00329. The summed E-state index contributed by atoms with van der Waals surface area (Å²) >= 11 is 12.1. The molecule has 0 aliphatic carbocycles. The van der Waals surface area contributed by atoms with Crippen LogP contribution in [0.5, 0.6) is 0 Å². The Hall–Kier alpha value is -3.25. The molecule has 0 aliphatic rings. The van der Waals surface area contributed by atoms with E-state index in [-0.39, 0.29) is 34.9 Å². The predicted molar refractivity (Wildman–Crippen MR) is 120 cm³/mol. The third-order valence-corrected chi connectivity index (χ3v) is 5.45. The van der Waals surface area contributed by atoms with Crippen molar-refractivity contribution >= 4 is 23.2 Å². The van der Waals surface area contributed by atoms with E-state index in [2.05, 4.69) is 20.2 Å². The molecule has 3 heterocycles. The van der Waals surface area contributed by atoms with Crippen molar-refractivity contribution in [1.29, 1.82) is 0 Å². The van der Waals surface area contributed by atoms with Crippen molar-refractivity contribution in [1.82, 2.24) is 34.1 Å². The summed E-state index contributed by atoms with van der Waals surface area (Å²) in [7, 11) is 0. The van der Waals surface area contributed by atoms with Gasteiger partial charge >= 0.3 is 11.9 Å². The van der Waals surface area contributed by atoms with E-state index in [1.165, 1.54) is 37.4 Å². The van der Waals surface area contributed by atoms with Crippen LogP contribution in [-0.4, -0.2) is 40.3 Å². The topological polar surface area (TPSA) is 83.4 Å². The van der Waals surface area contributed by atoms with Crippen LogP contribution < -0.4 is 5.69 Å². The summed E-state index contributed by atoms with van der Waals surface area (Å²) < 4.78 is 55.9. The van der Waals surface area contributed by atoms with Crippen LogP contribution >= 0.6 is 23.2 Å². The maximum absolute atomic E-state index is 14.3. The van der Waals surface area contributed by atoms with Crippen LogP contribution in [0.4, 0.5) is 17.6 Å². The maximum atomic E-state index is 14.3. The predicted octanol–water partition coefficient (Wildman–Crippen LogP) is 5.03. The van der Waals surface area contributed by atoms with Crippen molar-refractivity contribution in [2.45, 2.75) is 38.8 Å². The summed E-state index contributed by atoms with van der Waals surface area (Å²) in [6, 6.07) is 9.28. The normalized spacial score (nSPS) is 12.8. The van der Waals surface area contributed by atoms with Crippen molar-refractivity contribution in [2.75, 3.05) is 0 Å². The van der Waals surface area contributed by atoms with Crippen LogP contribution in [0.1, 0.15) is 31.2 Å². The first kappa shape index (κ1) is 24.9. The van der Waals surface area contributed by atoms with Gasteiger partial charge in [0, 0.05) is 23.3 Å². The molecule has 0 fully saturated rings. The van der Waals surface area contributed by atoms with Crippen molar-refractivity contribution in [3.63, 3.8) is 0 Å². The quantitative estimate of drug-likeness (QED) is 0.313. The molecule has 1 unspecified atom stereocenters. The molecule has 0 N–H and O–H groups in total. The number of hydrogen-bond donors (Lipinski definition) is 0. The van der Waals surface area contributed by atoms with Crippen LogP contribution in [0.15, 0.2) is 47.4 Å². The highest BCUT2D eigenvalue weighted by molar-refractivity contribution is 6.32. The van der Waals surface area contributed by atoms with Crippen LogP contribution in [-0.2, 0) is 13.1 Å². The fraction of sp³-hybridized carbons (Fsp3) is 0.286. The van der Waals surface area contributed by atoms with Crippen molar-refractivity contribution in [3.05, 3.63) is 74.8 Å². The Morgan fingerprint density at radius 3 is 2.43 bits per heavy atom. The van der Waals surface area contributed by atoms with E-state index in [9.17, 15) is 22.4 Å². The molecule has 0 saturated heterocycles. The van der Waals surface area contributed by atoms with Crippen molar-refractivity contribution < 1.29 is 17.6 Å². The summed E-state index contributed by atoms with van der Waals surface area (Å²) in [5.74, 6) is 0.0408. The molecule has 4 rings (SSSR count). The first-order chi connectivity index (χ1) is 16.5. The lowest BCUT2D eigenvalue weighted by molar-refractivity contribution is -0.136. The summed E-state index contributed by atoms with van der Waals surface area (Å²) in [5.41, 5.74) is -0.412. The summed E-state index contributed by atoms with van der Waals surface area (Å²) in [6.07, 6.45) is -5.82. The minimum atomic E-state index is -4.48. The smallest absolute Gasteiger partial charge is 0.275 e. The van der Waals surface area contributed by atoms with E-state index in [0.29, 0.717) is 10.6 Å². The SMILES string of the molecule is CC(F)c1nc(Cn2nc(-c3ccc(Cl)cc3)n(CCC(F)(F)F)c2=O)nn1-c1ncccc1Cl. The molecule has 4 aromatic rings. The molecule has 35 heavy (non-hydrogen) atoms. The number of nitrogens with zero attached hydrogens (tertiary/aromatic N) is 7. The van der Waals surface area contributed by atoms with Gasteiger partial charge in [0.15, 0.2) is 29.5 Å². The van der Waals surface area contributed by atoms with Gasteiger partial charge in [-0.15, -0.1) is 10.2 Å². The van der Waals surface area contributed by atoms with E-state index >= 15 is 0 Å². The Morgan fingerprint density at radius 2 is 1.80 bits per heavy atom. The second kappa shape index (κ2) is 9.78. The fourth-order valence-electron chi connectivity index (χ4n) is 3.31. The van der Waals surface area contributed by atoms with Crippen molar-refractivity contribution in [2.24, 2.45) is 0 Å². The van der Waals surface area contributed by atoms with E-state index in [4.69, 9.17) is 23.2 Å². The third-order valence-electron chi connectivity index (χ3n) is 4.91. The van der Waals surface area contributed by atoms with Gasteiger partial charge in [0.2, 0.25) is 0 Å². The number of hydrogen-bond acceptors (Lipinski definition) is 5. The van der Waals surface area contributed by atoms with E-state index in [1.54, 1.807) is 12.1 Å². The Labute approximate surface area is 205 Å². The van der Waals surface area contributed by atoms with Crippen LogP contribution in [0, 0.1) is 0 Å². The maximum Gasteiger partial charge on any atom is 0.390 e. The Kier molecular flexibility index (Phi) is 6.95. The number of rotatable bonds is 7. The third kappa shape index (κ3) is 5.54. The number of pyridine rings is 1. The summed E-state index contributed by atoms with van der Waals surface area (Å²) in [4.78, 5) is 21.2. The summed E-state index contributed by atoms with van der Waals surface area (Å²) in [5, 5.41) is 9.04. The molecule has 1 atom stereocenters. The van der Waals surface area contributed by atoms with Gasteiger partial charge in [0.25, 0.3) is 0 Å². The van der Waals surface area contributed by atoms with E-state index in [0.717, 1.165) is 13.9 Å². The second-order valence-corrected chi connectivity index (χ2v) is 8.35. The lowest BCUT2D eigenvalue weighted by Gasteiger charge is -2.08. The van der Waals surface area contributed by atoms with Gasteiger partial charge in [0.1, 0.15) is 6.54 Å². The molecule has 14 heteroatoms. The molecule has 1 aromatic carbocycles. The van der Waals surface area contributed by atoms with Gasteiger partial charge in [-0.25, -0.2) is 23.8 Å². The number of halogens is 6. The van der Waals surface area contributed by atoms with E-state index in [1.807, 2.05) is 0 Å². The molecule has 3 aromatic heterocycles. The molecule has 8 nitrogen and oxygen atoms in total. The monoisotopic (exact) mass is 529 g/mol. The molecular weight excluding hydrogens is 513 g/mol. The molecular formula is C21H17Cl2F4N7O. The van der Waals surface area contributed by atoms with Gasteiger partial charge in [-0.1, -0.05) is 23.2 Å². The highest BCUT2D eigenvalue weighted by Gasteiger charge is 2.29. The minimum Gasteiger partial charge on any atom is -0.275 e. The van der Waals surface area contributed by atoms with Gasteiger partial charge in [-0.2, -0.15) is 17.9 Å². The zero-order valence-corrected chi connectivity index (χ0v) is 19.6. The molecule has 0 aliphatic heterocycles. The average molecular weight is 530 g/mol. The van der Waals surface area contributed by atoms with E-state index < -0.39 is 31.0 Å². The number of benzene rings is 1. The molecule has 0 saturated carbocycles. The Balaban J connectivity index is 1.75. The summed E-state index contributed by atoms with van der Waals surface area (Å²) in [6.45, 7) is 0.284. The second-order valence-electron chi connectivity index (χ2n) is 7.51. The standard InChI is InChI=1S/C21H17Cl2F4N7O/c1-12(24)17-29-16(30-34(17)19-15(23)3-2-9-28-19)11-33-20(35)32(10-8-21(25,26)27)18(31-33)13-4-6-14(22)7-5-13/h2-7,9,12H,8,10-11H2,1H3. The molecule has 184 valence electrons. The Morgan fingerprint density at radius 1 is 1.09 bits per heavy atom. The zero-order chi connectivity index (χ0) is 25.3. The highest BCUT2D eigenvalue weighted by atomic mass is 35.5. The fourth-order valence-corrected chi connectivity index (χ4v) is 3.64. The lowest BCUT2D eigenvalue weighted by atomic mass is 10.2. The van der Waals surface area contributed by atoms with Crippen LogP contribution in [0.2, 0.25) is 10.0 Å². The largest absolute Gasteiger partial charge is 0.390 e. The zero-order valence-electron chi connectivity index (χ0n) is 18.0. The van der Waals surface area contributed by atoms with Crippen molar-refractivity contribution in [3.8, 4) is 17.2 Å². The number of alkyl halides is 4. The molecule has 0 amide bonds. The van der Waals surface area contributed by atoms with Gasteiger partial charge in [-0.3, -0.25) is 4.57 Å². The van der Waals surface area contributed by atoms with Gasteiger partial charge < -0.3 is 0 Å². The lowest BCUT2D eigenvalue weighted by Crippen LogP contribution is -2.27. The molecule has 0 spiro atoms. The van der Waals surface area contributed by atoms with Crippen LogP contribution in [0.25, 0.3) is 17.2 Å². The molecule has 0 radical (unpaired) electrons. The van der Waals surface area contributed by atoms with Crippen LogP contribution in [0.3, 0.4) is 0 Å². The number of aromatic nitrogens is 7. The van der Waals surface area contributed by atoms with Gasteiger partial charge in [-0.05, 0) is 43.3 Å². The van der Waals surface area contributed by atoms with Gasteiger partial charge in [0.05, 0.1) is 11.4 Å². The Bertz CT molecular complexity index is 1390. The molecule has 0 bridgehead atoms. The first-order valence-corrected chi connectivity index (χ1v) is 11.0.